The summed E-state index contributed by atoms with van der Waals surface area (Å²) in [7, 11) is 0. The third kappa shape index (κ3) is 2.36. The standard InChI is InChI=1S/C20H15FINO/c1-12-9-10-17(13(2)11-12)23(22)18-8-4-6-15-14-5-3-7-16(21)19(14)24-20(15)18/h3-11H,1-2H3. The molecule has 0 saturated heterocycles. The molecule has 120 valence electrons. The van der Waals surface area contributed by atoms with Crippen molar-refractivity contribution in [2.24, 2.45) is 0 Å². The molecule has 0 spiro atoms. The number of hydrogen-bond acceptors (Lipinski definition) is 2. The quantitative estimate of drug-likeness (QED) is 0.256. The maximum Gasteiger partial charge on any atom is 0.171 e. The van der Waals surface area contributed by atoms with Crippen LogP contribution in [0, 0.1) is 19.7 Å². The highest BCUT2D eigenvalue weighted by Gasteiger charge is 2.18. The van der Waals surface area contributed by atoms with E-state index >= 15 is 0 Å². The second-order valence-electron chi connectivity index (χ2n) is 5.94. The number of fused-ring (bicyclic) bond motifs is 3. The zero-order valence-electron chi connectivity index (χ0n) is 13.3. The summed E-state index contributed by atoms with van der Waals surface area (Å²) in [5.41, 5.74) is 5.43. The highest BCUT2D eigenvalue weighted by atomic mass is 127. The predicted octanol–water partition coefficient (Wildman–Crippen LogP) is 6.83. The Morgan fingerprint density at radius 1 is 0.875 bits per heavy atom. The minimum absolute atomic E-state index is 0.311. The summed E-state index contributed by atoms with van der Waals surface area (Å²) < 4.78 is 22.0. The number of benzene rings is 3. The summed E-state index contributed by atoms with van der Waals surface area (Å²) in [6, 6.07) is 17.3. The third-order valence-electron chi connectivity index (χ3n) is 4.23. The molecule has 1 aromatic heterocycles. The Bertz CT molecular complexity index is 1070. The summed E-state index contributed by atoms with van der Waals surface area (Å²) >= 11 is 2.27. The fourth-order valence-corrected chi connectivity index (χ4v) is 4.00. The van der Waals surface area contributed by atoms with Crippen LogP contribution in [-0.4, -0.2) is 0 Å². The van der Waals surface area contributed by atoms with E-state index in [1.807, 2.05) is 24.3 Å². The van der Waals surface area contributed by atoms with E-state index in [0.29, 0.717) is 11.2 Å². The van der Waals surface area contributed by atoms with E-state index in [4.69, 9.17) is 4.42 Å². The molecule has 1 heterocycles. The highest BCUT2D eigenvalue weighted by molar-refractivity contribution is 14.1. The largest absolute Gasteiger partial charge is 0.451 e. The molecule has 0 atom stereocenters. The Labute approximate surface area is 153 Å². The van der Waals surface area contributed by atoms with Gasteiger partial charge in [-0.3, -0.25) is 3.11 Å². The second kappa shape index (κ2) is 5.77. The SMILES string of the molecule is Cc1ccc(N(I)c2cccc3c2oc2c(F)cccc23)c(C)c1. The van der Waals surface area contributed by atoms with Crippen LogP contribution >= 0.6 is 22.9 Å². The Hall–Kier alpha value is -2.08. The smallest absolute Gasteiger partial charge is 0.171 e. The van der Waals surface area contributed by atoms with Gasteiger partial charge in [-0.25, -0.2) is 4.39 Å². The molecular weight excluding hydrogens is 416 g/mol. The molecule has 24 heavy (non-hydrogen) atoms. The number of para-hydroxylation sites is 2. The van der Waals surface area contributed by atoms with Crippen LogP contribution in [0.15, 0.2) is 59.0 Å². The van der Waals surface area contributed by atoms with Gasteiger partial charge in [0.2, 0.25) is 0 Å². The normalized spacial score (nSPS) is 11.3. The van der Waals surface area contributed by atoms with Crippen molar-refractivity contribution in [1.29, 1.82) is 0 Å². The van der Waals surface area contributed by atoms with Crippen molar-refractivity contribution in [3.05, 3.63) is 71.5 Å². The molecule has 4 rings (SSSR count). The lowest BCUT2D eigenvalue weighted by Gasteiger charge is -2.19. The van der Waals surface area contributed by atoms with Crippen LogP contribution in [0.4, 0.5) is 15.8 Å². The Balaban J connectivity index is 1.96. The van der Waals surface area contributed by atoms with Gasteiger partial charge in [0.1, 0.15) is 0 Å². The molecule has 0 bridgehead atoms. The molecule has 0 aliphatic carbocycles. The molecule has 0 radical (unpaired) electrons. The average molecular weight is 431 g/mol. The summed E-state index contributed by atoms with van der Waals surface area (Å²) in [4.78, 5) is 0. The highest BCUT2D eigenvalue weighted by Crippen LogP contribution is 2.41. The molecule has 0 unspecified atom stereocenters. The van der Waals surface area contributed by atoms with E-state index < -0.39 is 0 Å². The first-order valence-corrected chi connectivity index (χ1v) is 8.65. The minimum atomic E-state index is -0.332. The van der Waals surface area contributed by atoms with Gasteiger partial charge in [0.05, 0.1) is 34.2 Å². The zero-order valence-corrected chi connectivity index (χ0v) is 15.5. The molecule has 0 amide bonds. The maximum absolute atomic E-state index is 14.1. The van der Waals surface area contributed by atoms with Crippen LogP contribution in [-0.2, 0) is 0 Å². The van der Waals surface area contributed by atoms with Crippen LogP contribution in [0.5, 0.6) is 0 Å². The summed E-state index contributed by atoms with van der Waals surface area (Å²) in [5, 5.41) is 1.73. The number of aryl methyl sites for hydroxylation is 2. The van der Waals surface area contributed by atoms with Gasteiger partial charge in [-0.1, -0.05) is 42.0 Å². The lowest BCUT2D eigenvalue weighted by molar-refractivity contribution is 0.584. The van der Waals surface area contributed by atoms with Crippen LogP contribution < -0.4 is 3.11 Å². The van der Waals surface area contributed by atoms with E-state index in [2.05, 4.69) is 58.0 Å². The average Bonchev–Trinajstić information content (AvgIpc) is 2.94. The van der Waals surface area contributed by atoms with Gasteiger partial charge in [-0.15, -0.1) is 0 Å². The minimum Gasteiger partial charge on any atom is -0.451 e. The summed E-state index contributed by atoms with van der Waals surface area (Å²) in [6.07, 6.45) is 0. The second-order valence-corrected chi connectivity index (χ2v) is 6.91. The van der Waals surface area contributed by atoms with Gasteiger partial charge < -0.3 is 4.42 Å². The van der Waals surface area contributed by atoms with E-state index in [9.17, 15) is 4.39 Å². The third-order valence-corrected chi connectivity index (χ3v) is 5.27. The van der Waals surface area contributed by atoms with Gasteiger partial charge in [-0.05, 0) is 37.6 Å². The van der Waals surface area contributed by atoms with Gasteiger partial charge in [0, 0.05) is 10.8 Å². The number of hydrogen-bond donors (Lipinski definition) is 0. The van der Waals surface area contributed by atoms with Crippen molar-refractivity contribution >= 4 is 56.2 Å². The number of furan rings is 1. The molecule has 0 aliphatic heterocycles. The van der Waals surface area contributed by atoms with Gasteiger partial charge in [0.15, 0.2) is 17.0 Å². The zero-order chi connectivity index (χ0) is 16.8. The molecule has 4 aromatic rings. The number of nitrogens with zero attached hydrogens (tertiary/aromatic N) is 1. The summed E-state index contributed by atoms with van der Waals surface area (Å²) in [6.45, 7) is 4.17. The van der Waals surface area contributed by atoms with Crippen molar-refractivity contribution in [2.75, 3.05) is 3.11 Å². The fraction of sp³-hybridized carbons (Fsp3) is 0.100. The maximum atomic E-state index is 14.1. The lowest BCUT2D eigenvalue weighted by atomic mass is 10.1. The number of halogens is 2. The van der Waals surface area contributed by atoms with Crippen LogP contribution in [0.3, 0.4) is 0 Å². The first-order valence-electron chi connectivity index (χ1n) is 7.69. The van der Waals surface area contributed by atoms with Crippen LogP contribution in [0.25, 0.3) is 21.9 Å². The van der Waals surface area contributed by atoms with Gasteiger partial charge >= 0.3 is 0 Å². The van der Waals surface area contributed by atoms with E-state index in [-0.39, 0.29) is 5.82 Å². The Morgan fingerprint density at radius 2 is 1.58 bits per heavy atom. The topological polar surface area (TPSA) is 16.4 Å². The first kappa shape index (κ1) is 15.4. The lowest BCUT2D eigenvalue weighted by Crippen LogP contribution is -2.03. The monoisotopic (exact) mass is 431 g/mol. The van der Waals surface area contributed by atoms with Crippen molar-refractivity contribution in [3.63, 3.8) is 0 Å². The molecule has 0 N–H and O–H groups in total. The Morgan fingerprint density at radius 3 is 2.33 bits per heavy atom. The first-order chi connectivity index (χ1) is 11.6. The molecule has 0 fully saturated rings. The Kier molecular flexibility index (Phi) is 3.72. The number of rotatable bonds is 2. The molecule has 3 aromatic carbocycles. The molecular formula is C20H15FINO. The van der Waals surface area contributed by atoms with Gasteiger partial charge in [0.25, 0.3) is 0 Å². The van der Waals surface area contributed by atoms with Crippen molar-refractivity contribution < 1.29 is 8.81 Å². The van der Waals surface area contributed by atoms with Crippen LogP contribution in [0.2, 0.25) is 0 Å². The molecule has 0 aliphatic rings. The van der Waals surface area contributed by atoms with Crippen LogP contribution in [0.1, 0.15) is 11.1 Å². The van der Waals surface area contributed by atoms with Gasteiger partial charge in [-0.2, -0.15) is 0 Å². The van der Waals surface area contributed by atoms with Crippen molar-refractivity contribution in [3.8, 4) is 0 Å². The predicted molar refractivity (Wildman–Crippen MR) is 106 cm³/mol. The van der Waals surface area contributed by atoms with Crippen molar-refractivity contribution in [2.45, 2.75) is 13.8 Å². The summed E-state index contributed by atoms with van der Waals surface area (Å²) in [5.74, 6) is -0.332. The van der Waals surface area contributed by atoms with E-state index in [1.54, 1.807) is 6.07 Å². The molecule has 2 nitrogen and oxygen atoms in total. The van der Waals surface area contributed by atoms with E-state index in [1.165, 1.54) is 17.2 Å². The van der Waals surface area contributed by atoms with E-state index in [0.717, 1.165) is 22.1 Å². The van der Waals surface area contributed by atoms with Crippen molar-refractivity contribution in [1.82, 2.24) is 0 Å². The molecule has 4 heteroatoms. The molecule has 0 saturated carbocycles. The number of anilines is 2. The fourth-order valence-electron chi connectivity index (χ4n) is 3.08.